The Hall–Kier alpha value is -3.70. The summed E-state index contributed by atoms with van der Waals surface area (Å²) in [6.07, 6.45) is 5.55. The van der Waals surface area contributed by atoms with Gasteiger partial charge in [0, 0.05) is 17.5 Å². The third kappa shape index (κ3) is 3.29. The van der Waals surface area contributed by atoms with Gasteiger partial charge in [-0.25, -0.2) is 0 Å². The molecule has 0 fully saturated rings. The summed E-state index contributed by atoms with van der Waals surface area (Å²) in [5, 5.41) is 0.759. The lowest BCUT2D eigenvalue weighted by molar-refractivity contribution is 0.0973. The highest BCUT2D eigenvalue weighted by Gasteiger charge is 2.16. The minimum atomic E-state index is -0.510. The van der Waals surface area contributed by atoms with Crippen LogP contribution in [0.4, 0.5) is 0 Å². The highest BCUT2D eigenvalue weighted by atomic mass is 32.1. The Labute approximate surface area is 176 Å². The van der Waals surface area contributed by atoms with E-state index in [2.05, 4.69) is 10.9 Å². The van der Waals surface area contributed by atoms with Gasteiger partial charge in [0.1, 0.15) is 0 Å². The number of carbonyl (C=O) groups is 1. The van der Waals surface area contributed by atoms with Gasteiger partial charge in [0.15, 0.2) is 33.4 Å². The molecule has 0 saturated carbocycles. The number of para-hydroxylation sites is 1. The third-order valence-corrected chi connectivity index (χ3v) is 5.61. The number of thiazole rings is 1. The van der Waals surface area contributed by atoms with E-state index in [1.54, 1.807) is 38.0 Å². The normalized spacial score (nSPS) is 11.6. The summed E-state index contributed by atoms with van der Waals surface area (Å²) in [6, 6.07) is 10.7. The third-order valence-electron chi connectivity index (χ3n) is 4.57. The lowest BCUT2D eigenvalue weighted by Gasteiger charge is -2.08. The number of nitrogens with zero attached hydrogens (tertiary/aromatic N) is 2. The first-order valence-electron chi connectivity index (χ1n) is 8.94. The monoisotopic (exact) mass is 422 g/mol. The van der Waals surface area contributed by atoms with Crippen LogP contribution in [0.25, 0.3) is 21.2 Å². The molecule has 0 N–H and O–H groups in total. The molecule has 1 amide bonds. The van der Waals surface area contributed by atoms with E-state index >= 15 is 0 Å². The van der Waals surface area contributed by atoms with E-state index in [0.717, 1.165) is 15.6 Å². The summed E-state index contributed by atoms with van der Waals surface area (Å²) in [5.74, 6) is 3.92. The Bertz CT molecular complexity index is 1370. The zero-order chi connectivity index (χ0) is 21.3. The van der Waals surface area contributed by atoms with Crippen LogP contribution in [0.2, 0.25) is 0 Å². The van der Waals surface area contributed by atoms with E-state index in [9.17, 15) is 4.79 Å². The van der Waals surface area contributed by atoms with Gasteiger partial charge in [-0.05, 0) is 12.1 Å². The lowest BCUT2D eigenvalue weighted by atomic mass is 10.2. The molecular formula is C22H18N2O5S. The standard InChI is InChI=1S/C22H18N2O5S/c1-5-9-24-14-11-16(27-3)17(28-4)12-19(14)30-22(24)23-21(25)18-10-13-7-6-8-15(26-2)20(13)29-18/h1,6-8,10-12H,9H2,2-4H3. The number of terminal acetylenes is 1. The van der Waals surface area contributed by atoms with Crippen molar-refractivity contribution in [2.24, 2.45) is 4.99 Å². The molecule has 0 radical (unpaired) electrons. The number of amides is 1. The smallest absolute Gasteiger partial charge is 0.315 e. The van der Waals surface area contributed by atoms with Crippen molar-refractivity contribution >= 4 is 38.4 Å². The summed E-state index contributed by atoms with van der Waals surface area (Å²) >= 11 is 1.33. The zero-order valence-electron chi connectivity index (χ0n) is 16.6. The molecule has 0 aliphatic heterocycles. The molecule has 0 spiro atoms. The fourth-order valence-electron chi connectivity index (χ4n) is 3.17. The van der Waals surface area contributed by atoms with Gasteiger partial charge in [0.25, 0.3) is 0 Å². The molecule has 2 aromatic carbocycles. The van der Waals surface area contributed by atoms with Crippen molar-refractivity contribution in [3.05, 3.63) is 47.0 Å². The van der Waals surface area contributed by atoms with Crippen molar-refractivity contribution in [2.45, 2.75) is 6.54 Å². The summed E-state index contributed by atoms with van der Waals surface area (Å²) in [4.78, 5) is 17.6. The van der Waals surface area contributed by atoms with Gasteiger partial charge in [-0.1, -0.05) is 29.4 Å². The fraction of sp³-hybridized carbons (Fsp3) is 0.182. The molecule has 8 heteroatoms. The predicted octanol–water partition coefficient (Wildman–Crippen LogP) is 3.85. The van der Waals surface area contributed by atoms with Crippen molar-refractivity contribution in [3.63, 3.8) is 0 Å². The van der Waals surface area contributed by atoms with Crippen LogP contribution >= 0.6 is 11.3 Å². The molecule has 4 aromatic rings. The SMILES string of the molecule is C#CCn1c(=NC(=O)c2cc3cccc(OC)c3o2)sc2cc(OC)c(OC)cc21. The number of fused-ring (bicyclic) bond motifs is 2. The average molecular weight is 422 g/mol. The van der Waals surface area contributed by atoms with E-state index < -0.39 is 5.91 Å². The summed E-state index contributed by atoms with van der Waals surface area (Å²) < 4.78 is 24.4. The van der Waals surface area contributed by atoms with Crippen LogP contribution in [-0.4, -0.2) is 31.8 Å². The molecule has 2 heterocycles. The zero-order valence-corrected chi connectivity index (χ0v) is 17.4. The molecule has 0 unspecified atom stereocenters. The molecular weight excluding hydrogens is 404 g/mol. The molecule has 2 aromatic heterocycles. The van der Waals surface area contributed by atoms with Crippen molar-refractivity contribution in [1.29, 1.82) is 0 Å². The second kappa shape index (κ2) is 7.97. The number of rotatable bonds is 5. The Balaban J connectivity index is 1.86. The van der Waals surface area contributed by atoms with Gasteiger partial charge < -0.3 is 23.2 Å². The molecule has 7 nitrogen and oxygen atoms in total. The molecule has 0 bridgehead atoms. The lowest BCUT2D eigenvalue weighted by Crippen LogP contribution is -2.16. The maximum Gasteiger partial charge on any atom is 0.315 e. The van der Waals surface area contributed by atoms with Crippen LogP contribution in [0, 0.1) is 12.3 Å². The maximum absolute atomic E-state index is 12.9. The maximum atomic E-state index is 12.9. The average Bonchev–Trinajstić information content (AvgIpc) is 3.34. The van der Waals surface area contributed by atoms with Gasteiger partial charge in [0.2, 0.25) is 0 Å². The van der Waals surface area contributed by atoms with Crippen LogP contribution < -0.4 is 19.0 Å². The Morgan fingerprint density at radius 1 is 1.13 bits per heavy atom. The summed E-state index contributed by atoms with van der Waals surface area (Å²) in [6.45, 7) is 0.246. The molecule has 0 atom stereocenters. The molecule has 4 rings (SSSR count). The van der Waals surface area contributed by atoms with Crippen LogP contribution in [0.3, 0.4) is 0 Å². The van der Waals surface area contributed by atoms with Gasteiger partial charge in [-0.3, -0.25) is 4.79 Å². The second-order valence-electron chi connectivity index (χ2n) is 6.26. The Morgan fingerprint density at radius 2 is 1.87 bits per heavy atom. The van der Waals surface area contributed by atoms with E-state index in [1.807, 2.05) is 24.3 Å². The number of ether oxygens (including phenoxy) is 3. The van der Waals surface area contributed by atoms with Gasteiger partial charge in [-0.2, -0.15) is 4.99 Å². The first kappa shape index (κ1) is 19.6. The Kier molecular flexibility index (Phi) is 5.21. The predicted molar refractivity (Wildman–Crippen MR) is 114 cm³/mol. The van der Waals surface area contributed by atoms with Gasteiger partial charge in [-0.15, -0.1) is 6.42 Å². The molecule has 152 valence electrons. The highest BCUT2D eigenvalue weighted by molar-refractivity contribution is 7.16. The molecule has 0 aliphatic carbocycles. The fourth-order valence-corrected chi connectivity index (χ4v) is 4.21. The van der Waals surface area contributed by atoms with Gasteiger partial charge in [0.05, 0.1) is 38.1 Å². The minimum Gasteiger partial charge on any atom is -0.493 e. The largest absolute Gasteiger partial charge is 0.493 e. The minimum absolute atomic E-state index is 0.120. The van der Waals surface area contributed by atoms with Crippen LogP contribution in [-0.2, 0) is 6.54 Å². The van der Waals surface area contributed by atoms with E-state index in [0.29, 0.717) is 27.6 Å². The van der Waals surface area contributed by atoms with Crippen molar-refractivity contribution < 1.29 is 23.4 Å². The topological polar surface area (TPSA) is 75.2 Å². The number of hydrogen-bond acceptors (Lipinski definition) is 6. The first-order valence-corrected chi connectivity index (χ1v) is 9.75. The van der Waals surface area contributed by atoms with Crippen LogP contribution in [0.1, 0.15) is 10.6 Å². The number of aromatic nitrogens is 1. The quantitative estimate of drug-likeness (QED) is 0.457. The number of benzene rings is 2. The van der Waals surface area contributed by atoms with Crippen molar-refractivity contribution in [1.82, 2.24) is 4.57 Å². The highest BCUT2D eigenvalue weighted by Crippen LogP contribution is 2.33. The van der Waals surface area contributed by atoms with E-state index in [4.69, 9.17) is 25.1 Å². The number of carbonyl (C=O) groups excluding carboxylic acids is 1. The van der Waals surface area contributed by atoms with Crippen LogP contribution in [0.5, 0.6) is 17.2 Å². The van der Waals surface area contributed by atoms with Crippen molar-refractivity contribution in [3.8, 4) is 29.6 Å². The molecule has 0 aliphatic rings. The molecule has 0 saturated heterocycles. The number of furan rings is 1. The number of hydrogen-bond donors (Lipinski definition) is 0. The summed E-state index contributed by atoms with van der Waals surface area (Å²) in [7, 11) is 4.68. The van der Waals surface area contributed by atoms with Gasteiger partial charge >= 0.3 is 5.91 Å². The first-order chi connectivity index (χ1) is 14.6. The second-order valence-corrected chi connectivity index (χ2v) is 7.27. The van der Waals surface area contributed by atoms with E-state index in [-0.39, 0.29) is 12.3 Å². The molecule has 30 heavy (non-hydrogen) atoms. The van der Waals surface area contributed by atoms with Crippen molar-refractivity contribution in [2.75, 3.05) is 21.3 Å². The number of methoxy groups -OCH3 is 3. The summed E-state index contributed by atoms with van der Waals surface area (Å²) in [5.41, 5.74) is 1.30. The Morgan fingerprint density at radius 3 is 2.57 bits per heavy atom. The van der Waals surface area contributed by atoms with E-state index in [1.165, 1.54) is 11.3 Å². The van der Waals surface area contributed by atoms with Crippen LogP contribution in [0.15, 0.2) is 45.8 Å².